The van der Waals surface area contributed by atoms with Gasteiger partial charge in [-0.15, -0.1) is 11.3 Å². The van der Waals surface area contributed by atoms with Crippen molar-refractivity contribution in [3.8, 4) is 0 Å². The molecule has 0 N–H and O–H groups in total. The summed E-state index contributed by atoms with van der Waals surface area (Å²) in [4.78, 5) is 20.3. The maximum atomic E-state index is 13.7. The van der Waals surface area contributed by atoms with Crippen LogP contribution in [0.2, 0.25) is 0 Å². The summed E-state index contributed by atoms with van der Waals surface area (Å²) in [5.74, 6) is 0.638. The number of carbonyl (C=O) groups excluding carboxylic acids is 1. The number of hydrogen-bond donors (Lipinski definition) is 0. The van der Waals surface area contributed by atoms with Crippen molar-refractivity contribution in [2.24, 2.45) is 0 Å². The van der Waals surface area contributed by atoms with Crippen molar-refractivity contribution >= 4 is 33.2 Å². The number of piperidine rings is 1. The van der Waals surface area contributed by atoms with Crippen molar-refractivity contribution in [3.05, 3.63) is 50.9 Å². The summed E-state index contributed by atoms with van der Waals surface area (Å²) in [5, 5.41) is 3.19. The number of carbonyl (C=O) groups is 1. The van der Waals surface area contributed by atoms with E-state index in [1.165, 1.54) is 0 Å². The van der Waals surface area contributed by atoms with Crippen LogP contribution in [0.1, 0.15) is 42.2 Å². The summed E-state index contributed by atoms with van der Waals surface area (Å²) in [6.07, 6.45) is 5.54. The lowest BCUT2D eigenvalue weighted by Crippen LogP contribution is -2.52. The molecule has 0 radical (unpaired) electrons. The van der Waals surface area contributed by atoms with Crippen LogP contribution in [0.15, 0.2) is 40.3 Å². The lowest BCUT2D eigenvalue weighted by Gasteiger charge is -2.42. The molecular weight excluding hydrogens is 412 g/mol. The molecule has 0 aliphatic carbocycles. The van der Waals surface area contributed by atoms with Gasteiger partial charge in [-0.1, -0.05) is 28.1 Å². The summed E-state index contributed by atoms with van der Waals surface area (Å²) in [7, 11) is 0. The monoisotopic (exact) mass is 434 g/mol. The summed E-state index contributed by atoms with van der Waals surface area (Å²) in [6.45, 7) is 2.92. The van der Waals surface area contributed by atoms with Crippen molar-refractivity contribution in [2.75, 3.05) is 26.3 Å². The van der Waals surface area contributed by atoms with Crippen molar-refractivity contribution < 1.29 is 9.53 Å². The molecule has 2 fully saturated rings. The fourth-order valence-electron chi connectivity index (χ4n) is 4.22. The first-order chi connectivity index (χ1) is 12.7. The number of likely N-dealkylation sites (tertiary alicyclic amines) is 1. The van der Waals surface area contributed by atoms with E-state index >= 15 is 0 Å². The second-order valence-electron chi connectivity index (χ2n) is 7.16. The molecule has 2 saturated heterocycles. The Kier molecular flexibility index (Phi) is 5.43. The molecule has 1 atom stereocenters. The van der Waals surface area contributed by atoms with Crippen molar-refractivity contribution in [2.45, 2.75) is 37.0 Å². The van der Waals surface area contributed by atoms with E-state index in [1.807, 2.05) is 23.7 Å². The largest absolute Gasteiger partial charge is 0.381 e. The highest BCUT2D eigenvalue weighted by molar-refractivity contribution is 9.10. The van der Waals surface area contributed by atoms with Crippen LogP contribution in [0.5, 0.6) is 0 Å². The topological polar surface area (TPSA) is 42.4 Å². The van der Waals surface area contributed by atoms with E-state index in [-0.39, 0.29) is 5.91 Å². The molecule has 26 heavy (non-hydrogen) atoms. The van der Waals surface area contributed by atoms with Crippen LogP contribution in [-0.4, -0.2) is 42.1 Å². The molecule has 1 aromatic heterocycles. The normalized spacial score (nSPS) is 23.0. The highest BCUT2D eigenvalue weighted by Crippen LogP contribution is 2.39. The van der Waals surface area contributed by atoms with Crippen LogP contribution >= 0.6 is 27.3 Å². The van der Waals surface area contributed by atoms with Gasteiger partial charge >= 0.3 is 0 Å². The highest BCUT2D eigenvalue weighted by Gasteiger charge is 2.45. The van der Waals surface area contributed by atoms with E-state index in [0.29, 0.717) is 19.1 Å². The summed E-state index contributed by atoms with van der Waals surface area (Å²) in [5.41, 5.74) is 0.661. The maximum Gasteiger partial charge on any atom is 0.233 e. The van der Waals surface area contributed by atoms with Gasteiger partial charge < -0.3 is 9.64 Å². The SMILES string of the molecule is O=C(N1CCCC(c2nccs2)C1)C1(c2ccc(Br)cc2)CCOCC1. The van der Waals surface area contributed by atoms with Crippen LogP contribution in [-0.2, 0) is 14.9 Å². The van der Waals surface area contributed by atoms with E-state index in [4.69, 9.17) is 4.74 Å². The van der Waals surface area contributed by atoms with Crippen LogP contribution in [0.4, 0.5) is 0 Å². The minimum Gasteiger partial charge on any atom is -0.381 e. The third kappa shape index (κ3) is 3.47. The Bertz CT molecular complexity index is 742. The first-order valence-electron chi connectivity index (χ1n) is 9.22. The summed E-state index contributed by atoms with van der Waals surface area (Å²) in [6, 6.07) is 8.26. The zero-order valence-corrected chi connectivity index (χ0v) is 17.1. The van der Waals surface area contributed by atoms with Gasteiger partial charge in [0.15, 0.2) is 0 Å². The Hall–Kier alpha value is -1.24. The first kappa shape index (κ1) is 18.1. The van der Waals surface area contributed by atoms with Crippen molar-refractivity contribution in [3.63, 3.8) is 0 Å². The fourth-order valence-corrected chi connectivity index (χ4v) is 5.25. The second-order valence-corrected chi connectivity index (χ2v) is 9.00. The smallest absolute Gasteiger partial charge is 0.233 e. The number of rotatable bonds is 3. The predicted molar refractivity (Wildman–Crippen MR) is 107 cm³/mol. The summed E-state index contributed by atoms with van der Waals surface area (Å²) < 4.78 is 6.64. The minimum atomic E-state index is -0.455. The van der Waals surface area contributed by atoms with Gasteiger partial charge in [-0.25, -0.2) is 4.98 Å². The van der Waals surface area contributed by atoms with Gasteiger partial charge in [-0.05, 0) is 43.4 Å². The Labute approximate surface area is 166 Å². The van der Waals surface area contributed by atoms with Crippen molar-refractivity contribution in [1.82, 2.24) is 9.88 Å². The lowest BCUT2D eigenvalue weighted by atomic mass is 9.72. The number of hydrogen-bond acceptors (Lipinski definition) is 4. The average Bonchev–Trinajstić information content (AvgIpc) is 3.23. The summed E-state index contributed by atoms with van der Waals surface area (Å²) >= 11 is 5.21. The van der Waals surface area contributed by atoms with Crippen LogP contribution in [0.3, 0.4) is 0 Å². The number of amides is 1. The highest BCUT2D eigenvalue weighted by atomic mass is 79.9. The quantitative estimate of drug-likeness (QED) is 0.720. The molecule has 138 valence electrons. The zero-order chi connectivity index (χ0) is 18.0. The fraction of sp³-hybridized carbons (Fsp3) is 0.500. The van der Waals surface area contributed by atoms with Gasteiger partial charge in [0.05, 0.1) is 10.4 Å². The van der Waals surface area contributed by atoms with E-state index < -0.39 is 5.41 Å². The zero-order valence-electron chi connectivity index (χ0n) is 14.7. The molecule has 2 aromatic rings. The Morgan fingerprint density at radius 2 is 2.04 bits per heavy atom. The molecule has 2 aliphatic rings. The van der Waals surface area contributed by atoms with Gasteiger partial charge in [0.2, 0.25) is 5.91 Å². The van der Waals surface area contributed by atoms with Crippen LogP contribution in [0.25, 0.3) is 0 Å². The number of thiazole rings is 1. The third-order valence-corrected chi connectivity index (χ3v) is 7.13. The molecule has 0 bridgehead atoms. The molecule has 4 rings (SSSR count). The van der Waals surface area contributed by atoms with E-state index in [9.17, 15) is 4.79 Å². The molecule has 1 unspecified atom stereocenters. The Morgan fingerprint density at radius 3 is 2.73 bits per heavy atom. The molecule has 0 saturated carbocycles. The lowest BCUT2D eigenvalue weighted by molar-refractivity contribution is -0.142. The molecule has 6 heteroatoms. The first-order valence-corrected chi connectivity index (χ1v) is 10.9. The standard InChI is InChI=1S/C20H23BrN2O2S/c21-17-5-3-16(4-6-17)20(7-11-25-12-8-20)19(24)23-10-1-2-15(14-23)18-22-9-13-26-18/h3-6,9,13,15H,1-2,7-8,10-12,14H2. The van der Waals surface area contributed by atoms with Gasteiger partial charge in [-0.3, -0.25) is 4.79 Å². The molecule has 4 nitrogen and oxygen atoms in total. The van der Waals surface area contributed by atoms with Crippen LogP contribution < -0.4 is 0 Å². The predicted octanol–water partition coefficient (Wildman–Crippen LogP) is 4.36. The molecule has 3 heterocycles. The number of halogens is 1. The molecule has 0 spiro atoms. The van der Waals surface area contributed by atoms with Crippen LogP contribution in [0, 0.1) is 0 Å². The second kappa shape index (κ2) is 7.79. The number of aromatic nitrogens is 1. The average molecular weight is 435 g/mol. The molecular formula is C20H23BrN2O2S. The molecule has 2 aliphatic heterocycles. The number of nitrogens with zero attached hydrogens (tertiary/aromatic N) is 2. The van der Waals surface area contributed by atoms with Gasteiger partial charge in [0.1, 0.15) is 0 Å². The minimum absolute atomic E-state index is 0.268. The number of ether oxygens (including phenoxy) is 1. The van der Waals surface area contributed by atoms with E-state index in [1.54, 1.807) is 11.3 Å². The van der Waals surface area contributed by atoms with Gasteiger partial charge in [0, 0.05) is 48.3 Å². The molecule has 1 aromatic carbocycles. The van der Waals surface area contributed by atoms with E-state index in [2.05, 4.69) is 37.9 Å². The Morgan fingerprint density at radius 1 is 1.27 bits per heavy atom. The van der Waals surface area contributed by atoms with Gasteiger partial charge in [-0.2, -0.15) is 0 Å². The Balaban J connectivity index is 1.61. The van der Waals surface area contributed by atoms with E-state index in [0.717, 1.165) is 53.8 Å². The third-order valence-electron chi connectivity index (χ3n) is 5.66. The van der Waals surface area contributed by atoms with Gasteiger partial charge in [0.25, 0.3) is 0 Å². The molecule has 1 amide bonds. The van der Waals surface area contributed by atoms with Crippen molar-refractivity contribution in [1.29, 1.82) is 0 Å². The number of benzene rings is 1. The maximum absolute atomic E-state index is 13.7.